The Labute approximate surface area is 262 Å². The molecule has 1 atom stereocenters. The van der Waals surface area contributed by atoms with Gasteiger partial charge in [-0.3, -0.25) is 4.90 Å². The predicted octanol–water partition coefficient (Wildman–Crippen LogP) is 7.63. The molecular formula is C33H40ClN5O3S. The number of piperazine rings is 1. The quantitative estimate of drug-likeness (QED) is 0.204. The third-order valence-electron chi connectivity index (χ3n) is 7.94. The monoisotopic (exact) mass is 621 g/mol. The molecule has 0 aliphatic carbocycles. The van der Waals surface area contributed by atoms with E-state index in [9.17, 15) is 9.90 Å². The lowest BCUT2D eigenvalue weighted by molar-refractivity contribution is -0.160. The molecule has 1 aliphatic heterocycles. The summed E-state index contributed by atoms with van der Waals surface area (Å²) in [6.07, 6.45) is 2.96. The van der Waals surface area contributed by atoms with Gasteiger partial charge in [-0.05, 0) is 75.9 Å². The fourth-order valence-electron chi connectivity index (χ4n) is 5.86. The van der Waals surface area contributed by atoms with Crippen LogP contribution in [0.4, 0.5) is 5.95 Å². The smallest absolute Gasteiger partial charge is 0.337 e. The zero-order valence-corrected chi connectivity index (χ0v) is 27.3. The Hall–Kier alpha value is -3.11. The summed E-state index contributed by atoms with van der Waals surface area (Å²) in [6, 6.07) is 11.9. The van der Waals surface area contributed by atoms with E-state index in [1.54, 1.807) is 6.20 Å². The van der Waals surface area contributed by atoms with Gasteiger partial charge in [-0.25, -0.2) is 19.7 Å². The summed E-state index contributed by atoms with van der Waals surface area (Å²) in [7, 11) is 0. The summed E-state index contributed by atoms with van der Waals surface area (Å²) in [6.45, 7) is 15.8. The molecule has 1 saturated heterocycles. The third-order valence-corrected chi connectivity index (χ3v) is 9.30. The molecule has 1 unspecified atom stereocenters. The number of aromatic nitrogens is 3. The van der Waals surface area contributed by atoms with Crippen molar-refractivity contribution >= 4 is 45.1 Å². The summed E-state index contributed by atoms with van der Waals surface area (Å²) >= 11 is 7.74. The first-order chi connectivity index (χ1) is 20.5. The Morgan fingerprint density at radius 2 is 1.74 bits per heavy atom. The number of carbonyl (C=O) groups is 1. The molecule has 8 nitrogen and oxygen atoms in total. The van der Waals surface area contributed by atoms with Crippen LogP contribution in [0.5, 0.6) is 0 Å². The van der Waals surface area contributed by atoms with Gasteiger partial charge in [-0.1, -0.05) is 37.6 Å². The van der Waals surface area contributed by atoms with Crippen molar-refractivity contribution in [2.75, 3.05) is 31.1 Å². The van der Waals surface area contributed by atoms with Gasteiger partial charge in [0.2, 0.25) is 5.95 Å². The van der Waals surface area contributed by atoms with E-state index < -0.39 is 17.7 Å². The molecular weight excluding hydrogens is 582 g/mol. The maximum Gasteiger partial charge on any atom is 0.337 e. The van der Waals surface area contributed by atoms with Crippen molar-refractivity contribution in [3.8, 4) is 21.8 Å². The highest BCUT2D eigenvalue weighted by molar-refractivity contribution is 7.22. The van der Waals surface area contributed by atoms with Crippen molar-refractivity contribution in [2.24, 2.45) is 0 Å². The first-order valence-corrected chi connectivity index (χ1v) is 16.1. The van der Waals surface area contributed by atoms with Crippen LogP contribution in [0.1, 0.15) is 64.7 Å². The first kappa shape index (κ1) is 31.3. The van der Waals surface area contributed by atoms with Crippen LogP contribution in [0.25, 0.3) is 32.0 Å². The number of nitrogens with zero attached hydrogens (tertiary/aromatic N) is 5. The topological polar surface area (TPSA) is 91.7 Å². The third kappa shape index (κ3) is 6.85. The van der Waals surface area contributed by atoms with Crippen molar-refractivity contribution in [1.82, 2.24) is 19.9 Å². The average molecular weight is 622 g/mol. The van der Waals surface area contributed by atoms with Gasteiger partial charge in [0.05, 0.1) is 15.8 Å². The molecule has 2 aromatic heterocycles. The average Bonchev–Trinajstić information content (AvgIpc) is 3.40. The van der Waals surface area contributed by atoms with E-state index in [1.165, 1.54) is 11.3 Å². The molecule has 0 amide bonds. The molecule has 1 aliphatic rings. The fraction of sp³-hybridized carbons (Fsp3) is 0.455. The number of ether oxygens (including phenoxy) is 1. The van der Waals surface area contributed by atoms with E-state index in [1.807, 2.05) is 64.1 Å². The Balaban J connectivity index is 1.57. The number of aliphatic carboxylic acids is 1. The second-order valence-corrected chi connectivity index (χ2v) is 13.5. The van der Waals surface area contributed by atoms with Gasteiger partial charge in [-0.15, -0.1) is 11.3 Å². The van der Waals surface area contributed by atoms with E-state index in [-0.39, 0.29) is 0 Å². The Morgan fingerprint density at radius 1 is 1.07 bits per heavy atom. The lowest BCUT2D eigenvalue weighted by atomic mass is 9.91. The van der Waals surface area contributed by atoms with Crippen LogP contribution in [-0.4, -0.2) is 68.7 Å². The van der Waals surface area contributed by atoms with Crippen molar-refractivity contribution in [3.63, 3.8) is 0 Å². The molecule has 228 valence electrons. The summed E-state index contributed by atoms with van der Waals surface area (Å²) in [4.78, 5) is 32.0. The number of fused-ring (bicyclic) bond motifs is 1. The van der Waals surface area contributed by atoms with E-state index in [0.717, 1.165) is 76.6 Å². The highest BCUT2D eigenvalue weighted by atomic mass is 35.5. The van der Waals surface area contributed by atoms with Crippen molar-refractivity contribution in [1.29, 1.82) is 0 Å². The molecule has 43 heavy (non-hydrogen) atoms. The molecule has 0 saturated carbocycles. The Kier molecular flexibility index (Phi) is 9.37. The number of halogens is 1. The summed E-state index contributed by atoms with van der Waals surface area (Å²) < 4.78 is 7.02. The maximum atomic E-state index is 12.6. The number of hydrogen-bond donors (Lipinski definition) is 1. The fourth-order valence-corrected chi connectivity index (χ4v) is 7.08. The number of thiazole rings is 1. The number of anilines is 1. The van der Waals surface area contributed by atoms with E-state index in [0.29, 0.717) is 22.6 Å². The van der Waals surface area contributed by atoms with Crippen LogP contribution in [0, 0.1) is 6.92 Å². The summed E-state index contributed by atoms with van der Waals surface area (Å²) in [5, 5.41) is 11.7. The van der Waals surface area contributed by atoms with E-state index >= 15 is 0 Å². The first-order valence-electron chi connectivity index (χ1n) is 14.9. The van der Waals surface area contributed by atoms with Crippen LogP contribution < -0.4 is 4.90 Å². The standard InChI is InChI=1S/C33H40ClN5O3S/c1-7-23(8-2)38-15-17-39(18-16-38)32-35-14-13-24(37-32)30-36-25-19-20(3)26(28(31(40)41)42-33(4,5)6)27(29(25)43-30)21-9-11-22(34)12-10-21/h9-14,19,23,28H,7-8,15-18H2,1-6H3,(H,40,41). The van der Waals surface area contributed by atoms with Crippen LogP contribution in [0.3, 0.4) is 0 Å². The predicted molar refractivity (Wildman–Crippen MR) is 175 cm³/mol. The minimum atomic E-state index is -1.16. The van der Waals surface area contributed by atoms with E-state index in [2.05, 4.69) is 28.6 Å². The van der Waals surface area contributed by atoms with Gasteiger partial charge in [0, 0.05) is 54.6 Å². The largest absolute Gasteiger partial charge is 0.479 e. The van der Waals surface area contributed by atoms with Crippen molar-refractivity contribution < 1.29 is 14.6 Å². The number of carboxylic acids is 1. The zero-order chi connectivity index (χ0) is 30.9. The van der Waals surface area contributed by atoms with Gasteiger partial charge < -0.3 is 14.7 Å². The molecule has 1 N–H and O–H groups in total. The molecule has 2 aromatic carbocycles. The van der Waals surface area contributed by atoms with Gasteiger partial charge in [-0.2, -0.15) is 0 Å². The molecule has 0 spiro atoms. The SMILES string of the molecule is CCC(CC)N1CCN(c2nccc(-c3nc4cc(C)c(C(OC(C)(C)C)C(=O)O)c(-c5ccc(Cl)cc5)c4s3)n2)CC1. The lowest BCUT2D eigenvalue weighted by Gasteiger charge is -2.38. The summed E-state index contributed by atoms with van der Waals surface area (Å²) in [5.74, 6) is -0.331. The van der Waals surface area contributed by atoms with Crippen molar-refractivity contribution in [2.45, 2.75) is 72.1 Å². The minimum absolute atomic E-state index is 0.606. The van der Waals surface area contributed by atoms with Gasteiger partial charge in [0.1, 0.15) is 10.7 Å². The second kappa shape index (κ2) is 12.9. The molecule has 1 fully saturated rings. The van der Waals surface area contributed by atoms with E-state index in [4.69, 9.17) is 26.3 Å². The van der Waals surface area contributed by atoms with Gasteiger partial charge in [0.25, 0.3) is 0 Å². The van der Waals surface area contributed by atoms with Crippen LogP contribution >= 0.6 is 22.9 Å². The Bertz CT molecular complexity index is 1590. The highest BCUT2D eigenvalue weighted by Gasteiger charge is 2.32. The van der Waals surface area contributed by atoms with Crippen LogP contribution in [-0.2, 0) is 9.53 Å². The van der Waals surface area contributed by atoms with Crippen LogP contribution in [0.2, 0.25) is 5.02 Å². The lowest BCUT2D eigenvalue weighted by Crippen LogP contribution is -2.50. The molecule has 4 aromatic rings. The zero-order valence-electron chi connectivity index (χ0n) is 25.7. The normalized spacial score (nSPS) is 15.4. The maximum absolute atomic E-state index is 12.6. The molecule has 0 radical (unpaired) electrons. The molecule has 10 heteroatoms. The van der Waals surface area contributed by atoms with Gasteiger partial charge >= 0.3 is 5.97 Å². The Morgan fingerprint density at radius 3 is 2.35 bits per heavy atom. The minimum Gasteiger partial charge on any atom is -0.479 e. The number of aryl methyl sites for hydroxylation is 1. The van der Waals surface area contributed by atoms with Gasteiger partial charge in [0.15, 0.2) is 6.10 Å². The number of benzene rings is 2. The molecule has 5 rings (SSSR count). The van der Waals surface area contributed by atoms with Crippen molar-refractivity contribution in [3.05, 3.63) is 58.7 Å². The molecule has 0 bridgehead atoms. The van der Waals surface area contributed by atoms with Crippen LogP contribution in [0.15, 0.2) is 42.6 Å². The number of carboxylic acid groups (broad SMARTS) is 1. The summed E-state index contributed by atoms with van der Waals surface area (Å²) in [5.41, 5.74) is 3.92. The number of hydrogen-bond acceptors (Lipinski definition) is 8. The molecule has 3 heterocycles. The second-order valence-electron chi connectivity index (χ2n) is 12.0. The highest BCUT2D eigenvalue weighted by Crippen LogP contribution is 2.44. The number of rotatable bonds is 9.